The van der Waals surface area contributed by atoms with Crippen LogP contribution in [0.4, 0.5) is 29.5 Å². The Labute approximate surface area is 159 Å². The number of nitrogens with zero attached hydrogens (tertiary/aromatic N) is 2. The van der Waals surface area contributed by atoms with Gasteiger partial charge in [-0.3, -0.25) is 4.79 Å². The number of hydrogen-bond acceptors (Lipinski definition) is 4. The maximum absolute atomic E-state index is 12.6. The molecule has 3 amide bonds. The van der Waals surface area contributed by atoms with E-state index >= 15 is 0 Å². The Morgan fingerprint density at radius 1 is 1.14 bits per heavy atom. The van der Waals surface area contributed by atoms with Gasteiger partial charge in [-0.2, -0.15) is 13.2 Å². The molecule has 0 aliphatic carbocycles. The van der Waals surface area contributed by atoms with Crippen LogP contribution in [0.25, 0.3) is 0 Å². The van der Waals surface area contributed by atoms with Gasteiger partial charge in [-0.25, -0.2) is 4.79 Å². The van der Waals surface area contributed by atoms with Crippen LogP contribution >= 0.6 is 0 Å². The number of nitrogens with one attached hydrogen (secondary N) is 2. The molecule has 2 aromatic rings. The maximum atomic E-state index is 12.6. The number of carbonyl (C=O) groups is 2. The van der Waals surface area contributed by atoms with Gasteiger partial charge in [-0.15, -0.1) is 0 Å². The third-order valence-corrected chi connectivity index (χ3v) is 3.77. The van der Waals surface area contributed by atoms with Gasteiger partial charge < -0.3 is 20.1 Å². The van der Waals surface area contributed by atoms with Crippen molar-refractivity contribution in [2.24, 2.45) is 5.92 Å². The first-order chi connectivity index (χ1) is 13.1. The van der Waals surface area contributed by atoms with E-state index in [0.29, 0.717) is 18.9 Å². The first-order valence-electron chi connectivity index (χ1n) is 8.58. The average Bonchev–Trinajstić information content (AvgIpc) is 3.10. The van der Waals surface area contributed by atoms with Crippen LogP contribution in [0, 0.1) is 5.92 Å². The van der Waals surface area contributed by atoms with Crippen molar-refractivity contribution in [3.05, 3.63) is 42.2 Å². The topological polar surface area (TPSA) is 87.5 Å². The Bertz CT molecular complexity index is 774. The van der Waals surface area contributed by atoms with E-state index in [9.17, 15) is 22.8 Å². The number of amides is 3. The van der Waals surface area contributed by atoms with Crippen LogP contribution in [0.3, 0.4) is 0 Å². The van der Waals surface area contributed by atoms with Gasteiger partial charge in [0.25, 0.3) is 0 Å². The summed E-state index contributed by atoms with van der Waals surface area (Å²) < 4.78 is 42.5. The molecule has 0 spiro atoms. The summed E-state index contributed by atoms with van der Waals surface area (Å²) in [5.74, 6) is 0.0390. The van der Waals surface area contributed by atoms with Gasteiger partial charge in [0, 0.05) is 18.3 Å². The molecule has 0 aliphatic heterocycles. The van der Waals surface area contributed by atoms with Crippen LogP contribution in [0.2, 0.25) is 0 Å². The Hall–Kier alpha value is -3.04. The Morgan fingerprint density at radius 3 is 2.36 bits per heavy atom. The van der Waals surface area contributed by atoms with Gasteiger partial charge in [0.05, 0.1) is 5.56 Å². The normalized spacial score (nSPS) is 11.4. The highest BCUT2D eigenvalue weighted by atomic mass is 19.4. The molecule has 28 heavy (non-hydrogen) atoms. The van der Waals surface area contributed by atoms with Gasteiger partial charge in [0.1, 0.15) is 12.8 Å². The average molecular weight is 398 g/mol. The van der Waals surface area contributed by atoms with Crippen molar-refractivity contribution in [3.63, 3.8) is 0 Å². The van der Waals surface area contributed by atoms with E-state index in [1.165, 1.54) is 17.2 Å². The number of carbonyl (C=O) groups excluding carboxylic acids is 2. The number of rotatable bonds is 7. The molecular formula is C18H21F3N4O3. The highest BCUT2D eigenvalue weighted by molar-refractivity contribution is 5.96. The van der Waals surface area contributed by atoms with Gasteiger partial charge in [0.15, 0.2) is 5.82 Å². The molecule has 1 heterocycles. The summed E-state index contributed by atoms with van der Waals surface area (Å²) in [5.41, 5.74) is -0.612. The molecule has 152 valence electrons. The van der Waals surface area contributed by atoms with Crippen molar-refractivity contribution in [1.82, 2.24) is 10.1 Å². The second-order valence-corrected chi connectivity index (χ2v) is 6.54. The van der Waals surface area contributed by atoms with Crippen LogP contribution < -0.4 is 10.6 Å². The Kier molecular flexibility index (Phi) is 7.02. The highest BCUT2D eigenvalue weighted by Crippen LogP contribution is 2.29. The van der Waals surface area contributed by atoms with Gasteiger partial charge in [-0.1, -0.05) is 19.0 Å². The van der Waals surface area contributed by atoms with Crippen LogP contribution in [-0.4, -0.2) is 35.1 Å². The Balaban J connectivity index is 2.02. The highest BCUT2D eigenvalue weighted by Gasteiger charge is 2.30. The number of halogens is 3. The summed E-state index contributed by atoms with van der Waals surface area (Å²) in [4.78, 5) is 25.9. The first-order valence-corrected chi connectivity index (χ1v) is 8.58. The molecule has 0 unspecified atom stereocenters. The summed E-state index contributed by atoms with van der Waals surface area (Å²) in [5, 5.41) is 8.57. The minimum Gasteiger partial charge on any atom is -0.363 e. The standard InChI is InChI=1S/C18H21F3N4O3/c1-12(2)7-9-25(11-16(26)23-15-8-10-28-24-15)17(27)22-14-5-3-13(4-6-14)18(19,20)21/h3-6,8,10,12H,7,9,11H2,1-2H3,(H,22,27)(H,23,24,26). The van der Waals surface area contributed by atoms with E-state index < -0.39 is 23.7 Å². The van der Waals surface area contributed by atoms with Crippen LogP contribution in [0.1, 0.15) is 25.8 Å². The summed E-state index contributed by atoms with van der Waals surface area (Å²) in [6.45, 7) is 4.01. The molecule has 0 aliphatic rings. The van der Waals surface area contributed by atoms with E-state index in [-0.39, 0.29) is 18.1 Å². The lowest BCUT2D eigenvalue weighted by molar-refractivity contribution is -0.137. The predicted octanol–water partition coefficient (Wildman–Crippen LogP) is 4.21. The number of benzene rings is 1. The first kappa shape index (κ1) is 21.3. The molecular weight excluding hydrogens is 377 g/mol. The fourth-order valence-corrected chi connectivity index (χ4v) is 2.24. The lowest BCUT2D eigenvalue weighted by atomic mass is 10.1. The van der Waals surface area contributed by atoms with Gasteiger partial charge >= 0.3 is 12.2 Å². The van der Waals surface area contributed by atoms with Gasteiger partial charge in [-0.05, 0) is 36.6 Å². The third kappa shape index (κ3) is 6.60. The number of alkyl halides is 3. The van der Waals surface area contributed by atoms with Crippen molar-refractivity contribution in [2.75, 3.05) is 23.7 Å². The Morgan fingerprint density at radius 2 is 1.82 bits per heavy atom. The lowest BCUT2D eigenvalue weighted by Crippen LogP contribution is -2.41. The van der Waals surface area contributed by atoms with E-state index in [0.717, 1.165) is 24.3 Å². The molecule has 1 aromatic carbocycles. The third-order valence-electron chi connectivity index (χ3n) is 3.77. The zero-order valence-electron chi connectivity index (χ0n) is 15.4. The molecule has 0 radical (unpaired) electrons. The van der Waals surface area contributed by atoms with Crippen molar-refractivity contribution in [3.8, 4) is 0 Å². The van der Waals surface area contributed by atoms with Crippen LogP contribution in [0.5, 0.6) is 0 Å². The fraction of sp³-hybridized carbons (Fsp3) is 0.389. The monoisotopic (exact) mass is 398 g/mol. The molecule has 7 nitrogen and oxygen atoms in total. The molecule has 0 bridgehead atoms. The zero-order chi connectivity index (χ0) is 20.7. The van der Waals surface area contributed by atoms with E-state index in [2.05, 4.69) is 20.3 Å². The molecule has 2 rings (SSSR count). The fourth-order valence-electron chi connectivity index (χ4n) is 2.24. The van der Waals surface area contributed by atoms with Crippen molar-refractivity contribution in [2.45, 2.75) is 26.4 Å². The maximum Gasteiger partial charge on any atom is 0.416 e. The smallest absolute Gasteiger partial charge is 0.363 e. The van der Waals surface area contributed by atoms with Crippen LogP contribution in [0.15, 0.2) is 41.1 Å². The SMILES string of the molecule is CC(C)CCN(CC(=O)Nc1ccon1)C(=O)Nc1ccc(C(F)(F)F)cc1. The molecule has 0 atom stereocenters. The number of anilines is 2. The number of aromatic nitrogens is 1. The van der Waals surface area contributed by atoms with Crippen molar-refractivity contribution in [1.29, 1.82) is 0 Å². The molecule has 0 saturated carbocycles. The summed E-state index contributed by atoms with van der Waals surface area (Å²) >= 11 is 0. The quantitative estimate of drug-likeness (QED) is 0.731. The molecule has 2 N–H and O–H groups in total. The van der Waals surface area contributed by atoms with Gasteiger partial charge in [0.2, 0.25) is 5.91 Å². The second kappa shape index (κ2) is 9.25. The molecule has 1 aromatic heterocycles. The summed E-state index contributed by atoms with van der Waals surface area (Å²) in [6, 6.07) is 4.96. The largest absolute Gasteiger partial charge is 0.416 e. The minimum atomic E-state index is -4.45. The van der Waals surface area contributed by atoms with Crippen molar-refractivity contribution >= 4 is 23.4 Å². The predicted molar refractivity (Wildman–Crippen MR) is 96.6 cm³/mol. The number of urea groups is 1. The number of hydrogen-bond donors (Lipinski definition) is 2. The van der Waals surface area contributed by atoms with Crippen molar-refractivity contribution < 1.29 is 27.3 Å². The van der Waals surface area contributed by atoms with E-state index in [1.54, 1.807) is 0 Å². The molecule has 0 fully saturated rings. The van der Waals surface area contributed by atoms with E-state index in [4.69, 9.17) is 0 Å². The molecule has 10 heteroatoms. The minimum absolute atomic E-state index is 0.199. The summed E-state index contributed by atoms with van der Waals surface area (Å²) in [6.07, 6.45) is -2.51. The van der Waals surface area contributed by atoms with Crippen LogP contribution in [-0.2, 0) is 11.0 Å². The lowest BCUT2D eigenvalue weighted by Gasteiger charge is -2.23. The second-order valence-electron chi connectivity index (χ2n) is 6.54. The zero-order valence-corrected chi connectivity index (χ0v) is 15.4. The van der Waals surface area contributed by atoms with E-state index in [1.807, 2.05) is 13.8 Å². The molecule has 0 saturated heterocycles. The summed E-state index contributed by atoms with van der Waals surface area (Å²) in [7, 11) is 0.